The Morgan fingerprint density at radius 1 is 1.71 bits per heavy atom. The first-order chi connectivity index (χ1) is 6.58. The molecule has 1 aliphatic carbocycles. The maximum atomic E-state index is 10.5. The van der Waals surface area contributed by atoms with E-state index < -0.39 is 5.60 Å². The molecule has 1 aromatic rings. The molecule has 2 rings (SSSR count). The van der Waals surface area contributed by atoms with E-state index in [-0.39, 0.29) is 5.92 Å². The van der Waals surface area contributed by atoms with E-state index in [2.05, 4.69) is 19.9 Å². The number of aryl methyl sites for hydroxylation is 2. The molecule has 3 heteroatoms. The normalized spacial score (nSPS) is 31.6. The zero-order valence-electron chi connectivity index (χ0n) is 8.71. The molecule has 0 aromatic carbocycles. The third-order valence-corrected chi connectivity index (χ3v) is 4.56. The van der Waals surface area contributed by atoms with Gasteiger partial charge in [-0.05, 0) is 37.3 Å². The van der Waals surface area contributed by atoms with Gasteiger partial charge < -0.3 is 10.8 Å². The van der Waals surface area contributed by atoms with Gasteiger partial charge in [-0.25, -0.2) is 0 Å². The minimum absolute atomic E-state index is 0.276. The molecule has 3 N–H and O–H groups in total. The second-order valence-electron chi connectivity index (χ2n) is 4.28. The van der Waals surface area contributed by atoms with Crippen LogP contribution in [0.4, 0.5) is 0 Å². The monoisotopic (exact) mass is 211 g/mol. The maximum absolute atomic E-state index is 10.5. The lowest BCUT2D eigenvalue weighted by Crippen LogP contribution is -2.43. The molecular weight excluding hydrogens is 194 g/mol. The van der Waals surface area contributed by atoms with E-state index in [1.165, 1.54) is 10.4 Å². The Bertz CT molecular complexity index is 347. The predicted molar refractivity (Wildman–Crippen MR) is 59.5 cm³/mol. The van der Waals surface area contributed by atoms with Crippen LogP contribution in [0, 0.1) is 12.8 Å². The molecule has 0 aliphatic heterocycles. The molecule has 1 aliphatic rings. The van der Waals surface area contributed by atoms with E-state index in [4.69, 9.17) is 5.73 Å². The first kappa shape index (κ1) is 10.1. The zero-order chi connectivity index (χ0) is 10.3. The smallest absolute Gasteiger partial charge is 0.114 e. The lowest BCUT2D eigenvalue weighted by atomic mass is 9.77. The van der Waals surface area contributed by atoms with Crippen molar-refractivity contribution >= 4 is 11.3 Å². The summed E-state index contributed by atoms with van der Waals surface area (Å²) in [6.07, 6.45) is 2.13. The summed E-state index contributed by atoms with van der Waals surface area (Å²) in [7, 11) is 0. The van der Waals surface area contributed by atoms with E-state index in [1.54, 1.807) is 11.3 Å². The van der Waals surface area contributed by atoms with Crippen LogP contribution in [0.1, 0.15) is 28.7 Å². The summed E-state index contributed by atoms with van der Waals surface area (Å²) < 4.78 is 0. The molecule has 0 amide bonds. The number of hydrogen-bond acceptors (Lipinski definition) is 3. The summed E-state index contributed by atoms with van der Waals surface area (Å²) in [6.45, 7) is 4.51. The fraction of sp³-hybridized carbons (Fsp3) is 0.636. The van der Waals surface area contributed by atoms with Gasteiger partial charge in [-0.1, -0.05) is 6.92 Å². The molecule has 0 bridgehead atoms. The molecule has 0 radical (unpaired) electrons. The Hall–Kier alpha value is -0.380. The van der Waals surface area contributed by atoms with E-state index in [1.807, 2.05) is 0 Å². The topological polar surface area (TPSA) is 46.2 Å². The first-order valence-corrected chi connectivity index (χ1v) is 5.92. The Morgan fingerprint density at radius 2 is 2.43 bits per heavy atom. The van der Waals surface area contributed by atoms with Crippen LogP contribution in [0.15, 0.2) is 6.07 Å². The van der Waals surface area contributed by atoms with Gasteiger partial charge in [-0.3, -0.25) is 0 Å². The molecule has 2 atom stereocenters. The number of fused-ring (bicyclic) bond motifs is 1. The van der Waals surface area contributed by atoms with Gasteiger partial charge in [0.25, 0.3) is 0 Å². The van der Waals surface area contributed by atoms with Crippen LogP contribution < -0.4 is 5.73 Å². The first-order valence-electron chi connectivity index (χ1n) is 5.10. The molecule has 1 heterocycles. The van der Waals surface area contributed by atoms with E-state index >= 15 is 0 Å². The number of nitrogens with two attached hydrogens (primary N) is 1. The molecule has 0 spiro atoms. The van der Waals surface area contributed by atoms with Crippen molar-refractivity contribution < 1.29 is 5.11 Å². The summed E-state index contributed by atoms with van der Waals surface area (Å²) in [6, 6.07) is 2.19. The van der Waals surface area contributed by atoms with Gasteiger partial charge in [0.1, 0.15) is 5.60 Å². The van der Waals surface area contributed by atoms with Crippen LogP contribution in [-0.2, 0) is 12.0 Å². The van der Waals surface area contributed by atoms with Crippen molar-refractivity contribution in [2.24, 2.45) is 11.7 Å². The Morgan fingerprint density at radius 3 is 3.07 bits per heavy atom. The molecule has 2 unspecified atom stereocenters. The predicted octanol–water partition coefficient (Wildman–Crippen LogP) is 1.79. The van der Waals surface area contributed by atoms with Gasteiger partial charge in [0.15, 0.2) is 0 Å². The fourth-order valence-corrected chi connectivity index (χ4v) is 3.52. The summed E-state index contributed by atoms with van der Waals surface area (Å²) in [5.74, 6) is 0.276. The van der Waals surface area contributed by atoms with Crippen molar-refractivity contribution in [2.45, 2.75) is 32.3 Å². The molecule has 0 saturated carbocycles. The lowest BCUT2D eigenvalue weighted by Gasteiger charge is -2.36. The minimum Gasteiger partial charge on any atom is -0.383 e. The lowest BCUT2D eigenvalue weighted by molar-refractivity contribution is -0.0153. The summed E-state index contributed by atoms with van der Waals surface area (Å²) >= 11 is 1.70. The summed E-state index contributed by atoms with van der Waals surface area (Å²) in [5, 5.41) is 10.5. The Kier molecular flexibility index (Phi) is 2.41. The summed E-state index contributed by atoms with van der Waals surface area (Å²) in [4.78, 5) is 2.38. The van der Waals surface area contributed by atoms with Gasteiger partial charge in [0.2, 0.25) is 0 Å². The summed E-state index contributed by atoms with van der Waals surface area (Å²) in [5.41, 5.74) is 6.24. The van der Waals surface area contributed by atoms with E-state index in [0.717, 1.165) is 17.7 Å². The highest BCUT2D eigenvalue weighted by molar-refractivity contribution is 7.12. The highest BCUT2D eigenvalue weighted by Gasteiger charge is 2.40. The van der Waals surface area contributed by atoms with Crippen LogP contribution in [0.5, 0.6) is 0 Å². The SMILES string of the molecule is Cc1cc2c(s1)C(O)(CN)C(C)CC2. The third-order valence-electron chi connectivity index (χ3n) is 3.30. The van der Waals surface area contributed by atoms with Crippen LogP contribution in [-0.4, -0.2) is 11.7 Å². The van der Waals surface area contributed by atoms with Crippen LogP contribution in [0.2, 0.25) is 0 Å². The van der Waals surface area contributed by atoms with Gasteiger partial charge in [0, 0.05) is 16.3 Å². The van der Waals surface area contributed by atoms with Gasteiger partial charge in [-0.2, -0.15) is 0 Å². The van der Waals surface area contributed by atoms with Crippen molar-refractivity contribution in [3.63, 3.8) is 0 Å². The zero-order valence-corrected chi connectivity index (χ0v) is 9.53. The largest absolute Gasteiger partial charge is 0.383 e. The van der Waals surface area contributed by atoms with Crippen LogP contribution in [0.25, 0.3) is 0 Å². The Balaban J connectivity index is 2.51. The van der Waals surface area contributed by atoms with E-state index in [9.17, 15) is 5.11 Å². The molecule has 1 aromatic heterocycles. The molecule has 0 saturated heterocycles. The Labute approximate surface area is 88.8 Å². The average Bonchev–Trinajstić information content (AvgIpc) is 2.54. The molecule has 14 heavy (non-hydrogen) atoms. The van der Waals surface area contributed by atoms with Crippen LogP contribution in [0.3, 0.4) is 0 Å². The standard InChI is InChI=1S/C11H17NOS/c1-7-3-4-9-5-8(2)14-10(9)11(7,13)6-12/h5,7,13H,3-4,6,12H2,1-2H3. The molecule has 0 fully saturated rings. The minimum atomic E-state index is -0.771. The quantitative estimate of drug-likeness (QED) is 0.744. The highest BCUT2D eigenvalue weighted by atomic mass is 32.1. The van der Waals surface area contributed by atoms with Crippen molar-refractivity contribution in [3.05, 3.63) is 21.4 Å². The number of hydrogen-bond donors (Lipinski definition) is 2. The van der Waals surface area contributed by atoms with Crippen molar-refractivity contribution in [3.8, 4) is 0 Å². The third kappa shape index (κ3) is 1.31. The fourth-order valence-electron chi connectivity index (χ4n) is 2.25. The van der Waals surface area contributed by atoms with E-state index in [0.29, 0.717) is 6.54 Å². The van der Waals surface area contributed by atoms with Crippen molar-refractivity contribution in [2.75, 3.05) is 6.54 Å². The second-order valence-corrected chi connectivity index (χ2v) is 5.54. The average molecular weight is 211 g/mol. The second kappa shape index (κ2) is 3.33. The van der Waals surface area contributed by atoms with Crippen LogP contribution >= 0.6 is 11.3 Å². The highest BCUT2D eigenvalue weighted by Crippen LogP contribution is 2.43. The number of rotatable bonds is 1. The number of thiophene rings is 1. The number of aliphatic hydroxyl groups is 1. The van der Waals surface area contributed by atoms with Gasteiger partial charge >= 0.3 is 0 Å². The van der Waals surface area contributed by atoms with Crippen molar-refractivity contribution in [1.29, 1.82) is 0 Å². The van der Waals surface area contributed by atoms with Crippen molar-refractivity contribution in [1.82, 2.24) is 0 Å². The molecule has 2 nitrogen and oxygen atoms in total. The van der Waals surface area contributed by atoms with Gasteiger partial charge in [0.05, 0.1) is 0 Å². The molecular formula is C11H17NOS. The maximum Gasteiger partial charge on any atom is 0.114 e. The molecule has 78 valence electrons. The van der Waals surface area contributed by atoms with Gasteiger partial charge in [-0.15, -0.1) is 11.3 Å².